The van der Waals surface area contributed by atoms with Crippen LogP contribution in [-0.2, 0) is 11.3 Å². The predicted molar refractivity (Wildman–Crippen MR) is 79.9 cm³/mol. The molecule has 5 heteroatoms. The van der Waals surface area contributed by atoms with Crippen molar-refractivity contribution in [2.24, 2.45) is 5.92 Å². The second-order valence-electron chi connectivity index (χ2n) is 5.55. The van der Waals surface area contributed by atoms with Crippen LogP contribution in [0, 0.1) is 11.7 Å². The summed E-state index contributed by atoms with van der Waals surface area (Å²) in [4.78, 5) is 11.1. The van der Waals surface area contributed by atoms with Crippen molar-refractivity contribution in [1.29, 1.82) is 0 Å². The summed E-state index contributed by atoms with van der Waals surface area (Å²) in [6.07, 6.45) is 0.148. The SMILES string of the molecule is CCCC(Oc1cc(F)cc(CNCC(C)C)c1)C(=O)O. The first-order valence-corrected chi connectivity index (χ1v) is 7.32. The molecule has 1 rings (SSSR count). The van der Waals surface area contributed by atoms with Gasteiger partial charge in [0.05, 0.1) is 0 Å². The van der Waals surface area contributed by atoms with E-state index in [1.165, 1.54) is 12.1 Å². The number of ether oxygens (including phenoxy) is 1. The summed E-state index contributed by atoms with van der Waals surface area (Å²) in [5.74, 6) is -0.678. The summed E-state index contributed by atoms with van der Waals surface area (Å²) in [6, 6.07) is 4.33. The van der Waals surface area contributed by atoms with Gasteiger partial charge in [-0.1, -0.05) is 27.2 Å². The third-order valence-electron chi connectivity index (χ3n) is 2.92. The zero-order valence-corrected chi connectivity index (χ0v) is 12.9. The summed E-state index contributed by atoms with van der Waals surface area (Å²) in [5, 5.41) is 12.3. The molecule has 1 unspecified atom stereocenters. The second kappa shape index (κ2) is 8.62. The molecular formula is C16H24FNO3. The number of rotatable bonds is 9. The number of aliphatic carboxylic acids is 1. The Balaban J connectivity index is 2.73. The summed E-state index contributed by atoms with van der Waals surface area (Å²) in [5.41, 5.74) is 0.742. The Morgan fingerprint density at radius 1 is 1.38 bits per heavy atom. The Kier molecular flexibility index (Phi) is 7.15. The number of halogens is 1. The third kappa shape index (κ3) is 6.58. The normalized spacial score (nSPS) is 12.4. The van der Waals surface area contributed by atoms with Crippen LogP contribution in [0.15, 0.2) is 18.2 Å². The Hall–Kier alpha value is -1.62. The second-order valence-corrected chi connectivity index (χ2v) is 5.55. The van der Waals surface area contributed by atoms with Gasteiger partial charge in [-0.05, 0) is 36.6 Å². The number of hydrogen-bond donors (Lipinski definition) is 2. The minimum Gasteiger partial charge on any atom is -0.479 e. The van der Waals surface area contributed by atoms with Gasteiger partial charge in [0, 0.05) is 12.6 Å². The quantitative estimate of drug-likeness (QED) is 0.735. The van der Waals surface area contributed by atoms with Crippen molar-refractivity contribution in [3.05, 3.63) is 29.6 Å². The first kappa shape index (κ1) is 17.4. The molecule has 118 valence electrons. The summed E-state index contributed by atoms with van der Waals surface area (Å²) in [7, 11) is 0. The zero-order chi connectivity index (χ0) is 15.8. The van der Waals surface area contributed by atoms with E-state index in [1.54, 1.807) is 6.07 Å². The van der Waals surface area contributed by atoms with Gasteiger partial charge in [-0.3, -0.25) is 0 Å². The number of carboxylic acids is 1. The summed E-state index contributed by atoms with van der Waals surface area (Å²) >= 11 is 0. The van der Waals surface area contributed by atoms with Crippen molar-refractivity contribution >= 4 is 5.97 Å². The molecule has 4 nitrogen and oxygen atoms in total. The fraction of sp³-hybridized carbons (Fsp3) is 0.562. The maximum absolute atomic E-state index is 13.6. The van der Waals surface area contributed by atoms with Gasteiger partial charge in [-0.2, -0.15) is 0 Å². The Labute approximate surface area is 125 Å². The third-order valence-corrected chi connectivity index (χ3v) is 2.92. The average molecular weight is 297 g/mol. The van der Waals surface area contributed by atoms with E-state index in [4.69, 9.17) is 9.84 Å². The van der Waals surface area contributed by atoms with Crippen LogP contribution >= 0.6 is 0 Å². The van der Waals surface area contributed by atoms with Crippen LogP contribution in [0.5, 0.6) is 5.75 Å². The molecule has 0 saturated carbocycles. The van der Waals surface area contributed by atoms with Crippen molar-refractivity contribution in [3.8, 4) is 5.75 Å². The first-order valence-electron chi connectivity index (χ1n) is 7.32. The highest BCUT2D eigenvalue weighted by Crippen LogP contribution is 2.19. The molecular weight excluding hydrogens is 273 g/mol. The van der Waals surface area contributed by atoms with Gasteiger partial charge in [0.2, 0.25) is 0 Å². The summed E-state index contributed by atoms with van der Waals surface area (Å²) in [6.45, 7) is 7.43. The minimum absolute atomic E-state index is 0.261. The molecule has 0 bridgehead atoms. The monoisotopic (exact) mass is 297 g/mol. The van der Waals surface area contributed by atoms with E-state index in [-0.39, 0.29) is 5.75 Å². The number of carboxylic acid groups (broad SMARTS) is 1. The smallest absolute Gasteiger partial charge is 0.344 e. The van der Waals surface area contributed by atoms with Crippen LogP contribution in [0.1, 0.15) is 39.2 Å². The molecule has 0 aliphatic heterocycles. The van der Waals surface area contributed by atoms with Gasteiger partial charge in [-0.15, -0.1) is 0 Å². The molecule has 0 aliphatic carbocycles. The largest absolute Gasteiger partial charge is 0.479 e. The van der Waals surface area contributed by atoms with Crippen LogP contribution in [0.4, 0.5) is 4.39 Å². The molecule has 0 aromatic heterocycles. The number of carbonyl (C=O) groups is 1. The lowest BCUT2D eigenvalue weighted by Gasteiger charge is -2.15. The molecule has 1 atom stereocenters. The highest BCUT2D eigenvalue weighted by molar-refractivity contribution is 5.72. The van der Waals surface area contributed by atoms with Crippen molar-refractivity contribution in [2.75, 3.05) is 6.54 Å². The van der Waals surface area contributed by atoms with Crippen LogP contribution < -0.4 is 10.1 Å². The van der Waals surface area contributed by atoms with E-state index < -0.39 is 17.9 Å². The maximum Gasteiger partial charge on any atom is 0.344 e. The number of nitrogens with one attached hydrogen (secondary N) is 1. The van der Waals surface area contributed by atoms with Crippen LogP contribution in [0.3, 0.4) is 0 Å². The lowest BCUT2D eigenvalue weighted by atomic mass is 10.1. The van der Waals surface area contributed by atoms with Crippen LogP contribution in [-0.4, -0.2) is 23.7 Å². The van der Waals surface area contributed by atoms with Crippen molar-refractivity contribution in [2.45, 2.75) is 46.3 Å². The molecule has 0 heterocycles. The lowest BCUT2D eigenvalue weighted by molar-refractivity contribution is -0.145. The van der Waals surface area contributed by atoms with Crippen molar-refractivity contribution in [1.82, 2.24) is 5.32 Å². The number of benzene rings is 1. The minimum atomic E-state index is -1.03. The highest BCUT2D eigenvalue weighted by atomic mass is 19.1. The van der Waals surface area contributed by atoms with E-state index >= 15 is 0 Å². The number of hydrogen-bond acceptors (Lipinski definition) is 3. The van der Waals surface area contributed by atoms with E-state index in [2.05, 4.69) is 19.2 Å². The maximum atomic E-state index is 13.6. The van der Waals surface area contributed by atoms with Crippen LogP contribution in [0.2, 0.25) is 0 Å². The lowest BCUT2D eigenvalue weighted by Crippen LogP contribution is -2.26. The topological polar surface area (TPSA) is 58.6 Å². The van der Waals surface area contributed by atoms with Gasteiger partial charge in [0.1, 0.15) is 11.6 Å². The van der Waals surface area contributed by atoms with Gasteiger partial charge < -0.3 is 15.2 Å². The average Bonchev–Trinajstić information content (AvgIpc) is 2.37. The molecule has 2 N–H and O–H groups in total. The molecule has 0 saturated heterocycles. The molecule has 0 amide bonds. The molecule has 0 spiro atoms. The molecule has 0 aliphatic rings. The highest BCUT2D eigenvalue weighted by Gasteiger charge is 2.18. The van der Waals surface area contributed by atoms with Gasteiger partial charge in [0.15, 0.2) is 6.10 Å². The molecule has 1 aromatic carbocycles. The molecule has 1 aromatic rings. The molecule has 21 heavy (non-hydrogen) atoms. The van der Waals surface area contributed by atoms with E-state index in [9.17, 15) is 9.18 Å². The van der Waals surface area contributed by atoms with E-state index in [1.807, 2.05) is 6.92 Å². The zero-order valence-electron chi connectivity index (χ0n) is 12.9. The van der Waals surface area contributed by atoms with Gasteiger partial charge in [-0.25, -0.2) is 9.18 Å². The molecule has 0 radical (unpaired) electrons. The fourth-order valence-corrected chi connectivity index (χ4v) is 1.96. The standard InChI is InChI=1S/C16H24FNO3/c1-4-5-15(16(19)20)21-14-7-12(6-13(17)8-14)10-18-9-11(2)3/h6-8,11,15,18H,4-5,9-10H2,1-3H3,(H,19,20). The van der Waals surface area contributed by atoms with Crippen LogP contribution in [0.25, 0.3) is 0 Å². The Morgan fingerprint density at radius 3 is 2.67 bits per heavy atom. The van der Waals surface area contributed by atoms with Gasteiger partial charge >= 0.3 is 5.97 Å². The van der Waals surface area contributed by atoms with Gasteiger partial charge in [0.25, 0.3) is 0 Å². The van der Waals surface area contributed by atoms with Crippen molar-refractivity contribution in [3.63, 3.8) is 0 Å². The predicted octanol–water partition coefficient (Wildman–Crippen LogP) is 3.20. The molecule has 0 fully saturated rings. The fourth-order valence-electron chi connectivity index (χ4n) is 1.96. The Bertz CT molecular complexity index is 463. The summed E-state index contributed by atoms with van der Waals surface area (Å²) < 4.78 is 19.0. The van der Waals surface area contributed by atoms with Crippen molar-refractivity contribution < 1.29 is 19.0 Å². The first-order chi connectivity index (χ1) is 9.92. The Morgan fingerprint density at radius 2 is 2.10 bits per heavy atom. The van der Waals surface area contributed by atoms with E-state index in [0.717, 1.165) is 12.1 Å². The van der Waals surface area contributed by atoms with E-state index in [0.29, 0.717) is 25.3 Å².